The Morgan fingerprint density at radius 1 is 1.33 bits per heavy atom. The Hall–Kier alpha value is -0.770. The Morgan fingerprint density at radius 3 is 2.22 bits per heavy atom. The van der Waals surface area contributed by atoms with E-state index in [-0.39, 0.29) is 28.4 Å². The first-order chi connectivity index (χ1) is 8.25. The molecule has 1 aliphatic heterocycles. The largest absolute Gasteiger partial charge is 0.289 e. The maximum absolute atomic E-state index is 12.2. The predicted molar refractivity (Wildman–Crippen MR) is 76.5 cm³/mol. The van der Waals surface area contributed by atoms with Crippen molar-refractivity contribution in [2.45, 2.75) is 52.3 Å². The van der Waals surface area contributed by atoms with Gasteiger partial charge in [0.25, 0.3) is 5.24 Å². The Morgan fingerprint density at radius 2 is 1.89 bits per heavy atom. The third kappa shape index (κ3) is 3.16. The Balaban J connectivity index is 2.94. The number of hydrogen-bond donors (Lipinski definition) is 0. The summed E-state index contributed by atoms with van der Waals surface area (Å²) in [5.74, 6) is 0.484. The molecule has 0 spiro atoms. The minimum absolute atomic E-state index is 0.0563. The molecule has 1 saturated heterocycles. The molecule has 0 N–H and O–H groups in total. The van der Waals surface area contributed by atoms with Gasteiger partial charge < -0.3 is 0 Å². The number of carbonyl (C=O) groups is 2. The van der Waals surface area contributed by atoms with E-state index in [1.54, 1.807) is 0 Å². The highest BCUT2D eigenvalue weighted by Crippen LogP contribution is 2.34. The molecule has 2 amide bonds. The fourth-order valence-corrected chi connectivity index (χ4v) is 3.41. The average Bonchev–Trinajstić information content (AvgIpc) is 2.21. The molecule has 0 unspecified atom stereocenters. The summed E-state index contributed by atoms with van der Waals surface area (Å²) in [5.41, 5.74) is 0.871. The normalized spacial score (nSPS) is 22.8. The van der Waals surface area contributed by atoms with E-state index >= 15 is 0 Å². The first kappa shape index (κ1) is 15.3. The van der Waals surface area contributed by atoms with Crippen LogP contribution >= 0.6 is 11.8 Å². The first-order valence-corrected chi connectivity index (χ1v) is 7.31. The molecule has 1 fully saturated rings. The lowest BCUT2D eigenvalue weighted by Gasteiger charge is -2.38. The van der Waals surface area contributed by atoms with Crippen LogP contribution < -0.4 is 0 Å². The van der Waals surface area contributed by atoms with Crippen LogP contribution in [0.2, 0.25) is 0 Å². The van der Waals surface area contributed by atoms with Crippen LogP contribution in [0.15, 0.2) is 12.2 Å². The van der Waals surface area contributed by atoms with E-state index in [1.807, 2.05) is 34.6 Å². The molecule has 0 aromatic rings. The van der Waals surface area contributed by atoms with Crippen molar-refractivity contribution in [2.24, 2.45) is 11.8 Å². The van der Waals surface area contributed by atoms with E-state index in [9.17, 15) is 9.59 Å². The molecule has 1 heterocycles. The van der Waals surface area contributed by atoms with Gasteiger partial charge in [-0.05, 0) is 18.8 Å². The van der Waals surface area contributed by atoms with E-state index < -0.39 is 0 Å². The average molecular weight is 269 g/mol. The van der Waals surface area contributed by atoms with Crippen LogP contribution in [0.1, 0.15) is 41.0 Å². The molecule has 1 rings (SSSR count). The molecular formula is C14H23NO2S. The van der Waals surface area contributed by atoms with Crippen molar-refractivity contribution in [2.75, 3.05) is 0 Å². The summed E-state index contributed by atoms with van der Waals surface area (Å²) in [7, 11) is 0. The quantitative estimate of drug-likeness (QED) is 0.730. The minimum Gasteiger partial charge on any atom is -0.274 e. The van der Waals surface area contributed by atoms with Crippen molar-refractivity contribution in [3.8, 4) is 0 Å². The van der Waals surface area contributed by atoms with Gasteiger partial charge >= 0.3 is 0 Å². The first-order valence-electron chi connectivity index (χ1n) is 6.43. The van der Waals surface area contributed by atoms with Gasteiger partial charge in [-0.2, -0.15) is 0 Å². The lowest BCUT2D eigenvalue weighted by atomic mass is 9.95. The molecule has 0 aliphatic carbocycles. The van der Waals surface area contributed by atoms with Crippen LogP contribution in [-0.2, 0) is 4.79 Å². The number of rotatable bonds is 4. The van der Waals surface area contributed by atoms with E-state index in [0.717, 1.165) is 5.57 Å². The molecule has 0 aromatic heterocycles. The number of hydrogen-bond acceptors (Lipinski definition) is 3. The number of amides is 2. The summed E-state index contributed by atoms with van der Waals surface area (Å²) in [6.07, 6.45) is 0.449. The van der Waals surface area contributed by atoms with E-state index in [0.29, 0.717) is 12.3 Å². The maximum atomic E-state index is 12.2. The second-order valence-electron chi connectivity index (χ2n) is 5.67. The Labute approximate surface area is 114 Å². The molecule has 2 atom stereocenters. The highest BCUT2D eigenvalue weighted by molar-refractivity contribution is 8.14. The molecule has 3 nitrogen and oxygen atoms in total. The van der Waals surface area contributed by atoms with Crippen molar-refractivity contribution in [1.29, 1.82) is 0 Å². The number of thioether (sulfide) groups is 1. The van der Waals surface area contributed by atoms with Crippen molar-refractivity contribution < 1.29 is 9.59 Å². The fraction of sp³-hybridized carbons (Fsp3) is 0.714. The maximum Gasteiger partial charge on any atom is 0.289 e. The number of carbonyl (C=O) groups excluding carboxylic acids is 2. The van der Waals surface area contributed by atoms with Gasteiger partial charge in [0.2, 0.25) is 5.91 Å². The zero-order chi connectivity index (χ0) is 14.0. The molecule has 102 valence electrons. The van der Waals surface area contributed by atoms with Gasteiger partial charge in [0.15, 0.2) is 0 Å². The third-order valence-corrected chi connectivity index (χ3v) is 4.66. The molecule has 0 radical (unpaired) electrons. The van der Waals surface area contributed by atoms with Crippen molar-refractivity contribution in [3.05, 3.63) is 12.2 Å². The molecule has 0 aromatic carbocycles. The van der Waals surface area contributed by atoms with E-state index in [4.69, 9.17) is 0 Å². The van der Waals surface area contributed by atoms with Crippen molar-refractivity contribution >= 4 is 22.9 Å². The minimum atomic E-state index is -0.175. The van der Waals surface area contributed by atoms with Gasteiger partial charge in [0, 0.05) is 11.7 Å². The molecule has 0 saturated carbocycles. The van der Waals surface area contributed by atoms with Gasteiger partial charge in [-0.3, -0.25) is 14.5 Å². The molecule has 4 heteroatoms. The highest BCUT2D eigenvalue weighted by Gasteiger charge is 2.39. The van der Waals surface area contributed by atoms with Crippen LogP contribution in [0.5, 0.6) is 0 Å². The molecule has 18 heavy (non-hydrogen) atoms. The zero-order valence-electron chi connectivity index (χ0n) is 11.9. The topological polar surface area (TPSA) is 37.4 Å². The van der Waals surface area contributed by atoms with Crippen LogP contribution in [0, 0.1) is 11.8 Å². The number of imide groups is 1. The third-order valence-electron chi connectivity index (χ3n) is 3.25. The van der Waals surface area contributed by atoms with Crippen LogP contribution in [0.4, 0.5) is 4.79 Å². The van der Waals surface area contributed by atoms with Gasteiger partial charge in [-0.15, -0.1) is 0 Å². The van der Waals surface area contributed by atoms with Crippen LogP contribution in [0.3, 0.4) is 0 Å². The van der Waals surface area contributed by atoms with Gasteiger partial charge in [0.05, 0.1) is 6.04 Å². The second-order valence-corrected chi connectivity index (χ2v) is 6.86. The van der Waals surface area contributed by atoms with E-state index in [1.165, 1.54) is 16.7 Å². The Kier molecular flexibility index (Phi) is 5.02. The summed E-state index contributed by atoms with van der Waals surface area (Å²) >= 11 is 1.29. The van der Waals surface area contributed by atoms with Crippen molar-refractivity contribution in [1.82, 2.24) is 4.90 Å². The molecule has 1 aliphatic rings. The van der Waals surface area contributed by atoms with Crippen molar-refractivity contribution in [3.63, 3.8) is 0 Å². The summed E-state index contributed by atoms with van der Waals surface area (Å²) in [6.45, 7) is 13.9. The fourth-order valence-electron chi connectivity index (χ4n) is 2.33. The van der Waals surface area contributed by atoms with Gasteiger partial charge in [-0.1, -0.05) is 51.6 Å². The predicted octanol–water partition coefficient (Wildman–Crippen LogP) is 3.70. The standard InChI is InChI=1S/C14H23NO2S/c1-8(2)11-7-12(16)15(14(17)18-11)13(9(3)4)10(5)6/h8,10-11,13H,3,7H2,1-2,4-6H3/t11-,13+/m0/s1. The lowest BCUT2D eigenvalue weighted by Crippen LogP contribution is -2.50. The second kappa shape index (κ2) is 5.91. The summed E-state index contributed by atoms with van der Waals surface area (Å²) < 4.78 is 0. The summed E-state index contributed by atoms with van der Waals surface area (Å²) in [4.78, 5) is 25.8. The van der Waals surface area contributed by atoms with Gasteiger partial charge in [-0.25, -0.2) is 0 Å². The summed E-state index contributed by atoms with van der Waals surface area (Å²) in [6, 6.07) is -0.175. The van der Waals surface area contributed by atoms with Crippen LogP contribution in [0.25, 0.3) is 0 Å². The highest BCUT2D eigenvalue weighted by atomic mass is 32.2. The SMILES string of the molecule is C=C(C)[C@H](C(C)C)N1C(=O)C[C@@H](C(C)C)SC1=O. The Bertz CT molecular complexity index is 345. The smallest absolute Gasteiger partial charge is 0.274 e. The lowest BCUT2D eigenvalue weighted by molar-refractivity contribution is -0.130. The number of nitrogens with zero attached hydrogens (tertiary/aromatic N) is 1. The molecule has 0 bridgehead atoms. The zero-order valence-corrected chi connectivity index (χ0v) is 12.7. The van der Waals surface area contributed by atoms with Gasteiger partial charge in [0.1, 0.15) is 0 Å². The monoisotopic (exact) mass is 269 g/mol. The summed E-state index contributed by atoms with van der Waals surface area (Å²) in [5, 5.41) is -0.00849. The molecular weight excluding hydrogens is 246 g/mol. The van der Waals surface area contributed by atoms with E-state index in [2.05, 4.69) is 6.58 Å². The van der Waals surface area contributed by atoms with Crippen LogP contribution in [-0.4, -0.2) is 27.3 Å².